The third-order valence-corrected chi connectivity index (χ3v) is 5.66. The van der Waals surface area contributed by atoms with E-state index in [4.69, 9.17) is 4.74 Å². The third-order valence-electron chi connectivity index (χ3n) is 3.75. The lowest BCUT2D eigenvalue weighted by atomic mass is 9.94. The summed E-state index contributed by atoms with van der Waals surface area (Å²) in [6, 6.07) is 0.382. The quantitative estimate of drug-likeness (QED) is 0.809. The van der Waals surface area contributed by atoms with Crippen molar-refractivity contribution in [3.63, 3.8) is 0 Å². The summed E-state index contributed by atoms with van der Waals surface area (Å²) in [5.74, 6) is 0.602. The second-order valence-corrected chi connectivity index (χ2v) is 8.16. The van der Waals surface area contributed by atoms with Gasteiger partial charge in [-0.15, -0.1) is 0 Å². The van der Waals surface area contributed by atoms with Gasteiger partial charge in [-0.2, -0.15) is 0 Å². The van der Waals surface area contributed by atoms with E-state index in [0.29, 0.717) is 11.8 Å². The molecule has 3 unspecified atom stereocenters. The first kappa shape index (κ1) is 13.3. The molecule has 2 rings (SSSR count). The van der Waals surface area contributed by atoms with Crippen LogP contribution in [0.2, 0.25) is 0 Å². The fourth-order valence-corrected chi connectivity index (χ4v) is 5.24. The molecule has 4 nitrogen and oxygen atoms in total. The zero-order valence-corrected chi connectivity index (χ0v) is 11.7. The molecule has 3 atom stereocenters. The average Bonchev–Trinajstić information content (AvgIpc) is 2.37. The largest absolute Gasteiger partial charge is 0.375 e. The van der Waals surface area contributed by atoms with Crippen molar-refractivity contribution in [3.8, 4) is 0 Å². The van der Waals surface area contributed by atoms with E-state index in [0.717, 1.165) is 19.3 Å². The van der Waals surface area contributed by atoms with E-state index in [1.165, 1.54) is 0 Å². The molecule has 0 amide bonds. The fraction of sp³-hybridized carbons (Fsp3) is 1.00. The molecule has 0 spiro atoms. The molecule has 5 heteroatoms. The van der Waals surface area contributed by atoms with Crippen molar-refractivity contribution in [3.05, 3.63) is 0 Å². The highest BCUT2D eigenvalue weighted by Crippen LogP contribution is 2.27. The van der Waals surface area contributed by atoms with Crippen molar-refractivity contribution in [2.24, 2.45) is 0 Å². The van der Waals surface area contributed by atoms with Crippen LogP contribution in [0.5, 0.6) is 0 Å². The zero-order chi connectivity index (χ0) is 12.7. The Morgan fingerprint density at radius 2 is 1.82 bits per heavy atom. The summed E-state index contributed by atoms with van der Waals surface area (Å²) in [5, 5.41) is 3.55. The van der Waals surface area contributed by atoms with Crippen LogP contribution in [0, 0.1) is 0 Å². The van der Waals surface area contributed by atoms with E-state index in [9.17, 15) is 8.42 Å². The summed E-state index contributed by atoms with van der Waals surface area (Å²) in [5.41, 5.74) is -0.236. The Kier molecular flexibility index (Phi) is 3.54. The van der Waals surface area contributed by atoms with Crippen LogP contribution in [-0.2, 0) is 14.6 Å². The maximum Gasteiger partial charge on any atom is 0.152 e. The molecule has 0 bridgehead atoms. The van der Waals surface area contributed by atoms with Crippen molar-refractivity contribution >= 4 is 9.84 Å². The maximum atomic E-state index is 11.6. The smallest absolute Gasteiger partial charge is 0.152 e. The highest BCUT2D eigenvalue weighted by atomic mass is 32.2. The third kappa shape index (κ3) is 3.42. The molecule has 100 valence electrons. The topological polar surface area (TPSA) is 55.4 Å². The minimum absolute atomic E-state index is 0.236. The number of ether oxygens (including phenoxy) is 1. The normalized spacial score (nSPS) is 45.9. The van der Waals surface area contributed by atoms with Crippen LogP contribution < -0.4 is 5.32 Å². The summed E-state index contributed by atoms with van der Waals surface area (Å²) >= 11 is 0. The Labute approximate surface area is 104 Å². The molecule has 2 aliphatic heterocycles. The summed E-state index contributed by atoms with van der Waals surface area (Å²) in [4.78, 5) is 0. The second-order valence-electron chi connectivity index (χ2n) is 5.97. The molecule has 0 radical (unpaired) electrons. The number of hydrogen-bond donors (Lipinski definition) is 1. The van der Waals surface area contributed by atoms with Crippen LogP contribution in [0.25, 0.3) is 0 Å². The van der Waals surface area contributed by atoms with Gasteiger partial charge in [-0.3, -0.25) is 0 Å². The molecule has 0 aromatic carbocycles. The first-order valence-electron chi connectivity index (χ1n) is 6.42. The van der Waals surface area contributed by atoms with Gasteiger partial charge in [-0.25, -0.2) is 8.42 Å². The van der Waals surface area contributed by atoms with Crippen molar-refractivity contribution in [1.29, 1.82) is 0 Å². The Bertz CT molecular complexity index is 371. The predicted octanol–water partition coefficient (Wildman–Crippen LogP) is 1.11. The minimum atomic E-state index is -2.83. The first-order valence-corrected chi connectivity index (χ1v) is 8.24. The lowest BCUT2D eigenvalue weighted by Gasteiger charge is -2.37. The standard InChI is InChI=1S/C12H23NO3S/c1-9-6-11(7-10(2)16-9)13-12(3)4-5-17(14,15)8-12/h9-11,13H,4-8H2,1-3H3. The van der Waals surface area contributed by atoms with Gasteiger partial charge in [-0.1, -0.05) is 0 Å². The number of hydrogen-bond acceptors (Lipinski definition) is 4. The van der Waals surface area contributed by atoms with E-state index in [1.807, 2.05) is 6.92 Å². The summed E-state index contributed by atoms with van der Waals surface area (Å²) in [7, 11) is -2.83. The molecular formula is C12H23NO3S. The first-order chi connectivity index (χ1) is 7.78. The van der Waals surface area contributed by atoms with Gasteiger partial charge in [0.2, 0.25) is 0 Å². The van der Waals surface area contributed by atoms with Gasteiger partial charge in [0.05, 0.1) is 23.7 Å². The Balaban J connectivity index is 1.97. The van der Waals surface area contributed by atoms with Crippen molar-refractivity contribution in [2.45, 2.75) is 63.8 Å². The molecule has 0 saturated carbocycles. The van der Waals surface area contributed by atoms with Gasteiger partial charge in [0, 0.05) is 11.6 Å². The Morgan fingerprint density at radius 1 is 1.24 bits per heavy atom. The van der Waals surface area contributed by atoms with Crippen molar-refractivity contribution < 1.29 is 13.2 Å². The highest BCUT2D eigenvalue weighted by Gasteiger charge is 2.40. The molecule has 2 saturated heterocycles. The van der Waals surface area contributed by atoms with Gasteiger partial charge in [0.25, 0.3) is 0 Å². The van der Waals surface area contributed by atoms with E-state index < -0.39 is 9.84 Å². The van der Waals surface area contributed by atoms with Gasteiger partial charge in [-0.05, 0) is 40.0 Å². The lowest BCUT2D eigenvalue weighted by molar-refractivity contribution is -0.0454. The van der Waals surface area contributed by atoms with Crippen LogP contribution in [0.15, 0.2) is 0 Å². The SMILES string of the molecule is CC1CC(NC2(C)CCS(=O)(=O)C2)CC(C)O1. The predicted molar refractivity (Wildman–Crippen MR) is 67.8 cm³/mol. The summed E-state index contributed by atoms with van der Waals surface area (Å²) in [6.45, 7) is 6.19. The minimum Gasteiger partial charge on any atom is -0.375 e. The average molecular weight is 261 g/mol. The number of nitrogens with one attached hydrogen (secondary N) is 1. The lowest BCUT2D eigenvalue weighted by Crippen LogP contribution is -2.52. The van der Waals surface area contributed by atoms with Crippen molar-refractivity contribution in [1.82, 2.24) is 5.32 Å². The van der Waals surface area contributed by atoms with E-state index in [1.54, 1.807) is 0 Å². The monoisotopic (exact) mass is 261 g/mol. The van der Waals surface area contributed by atoms with Crippen LogP contribution in [0.1, 0.15) is 40.0 Å². The van der Waals surface area contributed by atoms with Gasteiger partial charge >= 0.3 is 0 Å². The van der Waals surface area contributed by atoms with Gasteiger partial charge < -0.3 is 10.1 Å². The second kappa shape index (κ2) is 4.52. The van der Waals surface area contributed by atoms with E-state index in [-0.39, 0.29) is 23.5 Å². The Hall–Kier alpha value is -0.130. The van der Waals surface area contributed by atoms with E-state index >= 15 is 0 Å². The van der Waals surface area contributed by atoms with Crippen molar-refractivity contribution in [2.75, 3.05) is 11.5 Å². The zero-order valence-electron chi connectivity index (χ0n) is 10.9. The molecule has 2 heterocycles. The molecular weight excluding hydrogens is 238 g/mol. The highest BCUT2D eigenvalue weighted by molar-refractivity contribution is 7.91. The maximum absolute atomic E-state index is 11.6. The fourth-order valence-electron chi connectivity index (χ4n) is 3.14. The summed E-state index contributed by atoms with van der Waals surface area (Å²) < 4.78 is 28.8. The molecule has 1 N–H and O–H groups in total. The Morgan fingerprint density at radius 3 is 2.29 bits per heavy atom. The molecule has 2 fully saturated rings. The van der Waals surface area contributed by atoms with Gasteiger partial charge in [0.1, 0.15) is 0 Å². The molecule has 17 heavy (non-hydrogen) atoms. The van der Waals surface area contributed by atoms with Crippen LogP contribution in [0.3, 0.4) is 0 Å². The molecule has 0 aromatic rings. The number of sulfone groups is 1. The molecule has 0 aromatic heterocycles. The van der Waals surface area contributed by atoms with Gasteiger partial charge in [0.15, 0.2) is 9.84 Å². The van der Waals surface area contributed by atoms with Crippen LogP contribution >= 0.6 is 0 Å². The van der Waals surface area contributed by atoms with E-state index in [2.05, 4.69) is 19.2 Å². The van der Waals surface area contributed by atoms with Crippen LogP contribution in [0.4, 0.5) is 0 Å². The molecule has 0 aliphatic carbocycles. The summed E-state index contributed by atoms with van der Waals surface area (Å²) in [6.07, 6.45) is 3.20. The molecule has 2 aliphatic rings. The van der Waals surface area contributed by atoms with Crippen LogP contribution in [-0.4, -0.2) is 43.7 Å². The number of rotatable bonds is 2.